The molecule has 0 aromatic rings. The summed E-state index contributed by atoms with van der Waals surface area (Å²) in [4.78, 5) is 13.7. The first-order valence-corrected chi connectivity index (χ1v) is 5.17. The van der Waals surface area contributed by atoms with Gasteiger partial charge in [-0.1, -0.05) is 19.3 Å². The Kier molecular flexibility index (Phi) is 2.33. The highest BCUT2D eigenvalue weighted by Gasteiger charge is 2.28. The number of hydrogen-bond donors (Lipinski definition) is 0. The van der Waals surface area contributed by atoms with Crippen molar-refractivity contribution < 1.29 is 4.79 Å². The molecule has 0 N–H and O–H groups in total. The maximum Gasteiger partial charge on any atom is 0.225 e. The molecule has 1 heterocycles. The zero-order valence-electron chi connectivity index (χ0n) is 7.59. The van der Waals surface area contributed by atoms with Crippen LogP contribution in [0.3, 0.4) is 0 Å². The maximum absolute atomic E-state index is 11.7. The summed E-state index contributed by atoms with van der Waals surface area (Å²) >= 11 is 0. The minimum atomic E-state index is 0.388. The molecule has 2 nitrogen and oxygen atoms in total. The van der Waals surface area contributed by atoms with E-state index in [0.717, 1.165) is 25.9 Å². The molecule has 2 aliphatic rings. The van der Waals surface area contributed by atoms with Crippen LogP contribution >= 0.6 is 0 Å². The quantitative estimate of drug-likeness (QED) is 0.583. The smallest absolute Gasteiger partial charge is 0.225 e. The van der Waals surface area contributed by atoms with Gasteiger partial charge in [0.25, 0.3) is 0 Å². The van der Waals surface area contributed by atoms with Gasteiger partial charge in [-0.3, -0.25) is 4.79 Å². The Morgan fingerprint density at radius 3 is 2.17 bits per heavy atom. The summed E-state index contributed by atoms with van der Waals surface area (Å²) in [7, 11) is 0. The zero-order valence-corrected chi connectivity index (χ0v) is 7.59. The fourth-order valence-electron chi connectivity index (χ4n) is 2.14. The summed E-state index contributed by atoms with van der Waals surface area (Å²) in [6.45, 7) is 2.05. The first-order chi connectivity index (χ1) is 5.88. The van der Waals surface area contributed by atoms with Crippen molar-refractivity contribution in [3.8, 4) is 0 Å². The van der Waals surface area contributed by atoms with Crippen molar-refractivity contribution in [3.05, 3.63) is 0 Å². The SMILES string of the molecule is O=C(C1CCCCC1)N1CCC1. The van der Waals surface area contributed by atoms with Crippen LogP contribution in [0.1, 0.15) is 38.5 Å². The Morgan fingerprint density at radius 2 is 1.67 bits per heavy atom. The monoisotopic (exact) mass is 167 g/mol. The molecule has 1 saturated carbocycles. The summed E-state index contributed by atoms with van der Waals surface area (Å²) in [5.41, 5.74) is 0. The minimum absolute atomic E-state index is 0.388. The van der Waals surface area contributed by atoms with Crippen LogP contribution in [0.15, 0.2) is 0 Å². The van der Waals surface area contributed by atoms with E-state index < -0.39 is 0 Å². The second kappa shape index (κ2) is 3.46. The third-order valence-corrected chi connectivity index (χ3v) is 3.12. The summed E-state index contributed by atoms with van der Waals surface area (Å²) in [5, 5.41) is 0. The minimum Gasteiger partial charge on any atom is -0.342 e. The predicted octanol–water partition coefficient (Wildman–Crippen LogP) is 1.80. The molecular weight excluding hydrogens is 150 g/mol. The number of amides is 1. The second-order valence-corrected chi connectivity index (χ2v) is 4.01. The Labute approximate surface area is 73.9 Å². The normalized spacial score (nSPS) is 25.2. The van der Waals surface area contributed by atoms with Crippen LogP contribution in [0.5, 0.6) is 0 Å². The fraction of sp³-hybridized carbons (Fsp3) is 0.900. The van der Waals surface area contributed by atoms with E-state index in [2.05, 4.69) is 0 Å². The third kappa shape index (κ3) is 1.47. The third-order valence-electron chi connectivity index (χ3n) is 3.12. The molecule has 2 fully saturated rings. The molecule has 0 bridgehead atoms. The predicted molar refractivity (Wildman–Crippen MR) is 47.8 cm³/mol. The van der Waals surface area contributed by atoms with E-state index >= 15 is 0 Å². The van der Waals surface area contributed by atoms with Crippen molar-refractivity contribution in [3.63, 3.8) is 0 Å². The molecular formula is C10H17NO. The van der Waals surface area contributed by atoms with Crippen LogP contribution in [0.2, 0.25) is 0 Å². The largest absolute Gasteiger partial charge is 0.342 e. The summed E-state index contributed by atoms with van der Waals surface area (Å²) < 4.78 is 0. The Morgan fingerprint density at radius 1 is 1.00 bits per heavy atom. The molecule has 1 amide bonds. The van der Waals surface area contributed by atoms with E-state index in [4.69, 9.17) is 0 Å². The van der Waals surface area contributed by atoms with E-state index in [1.165, 1.54) is 25.7 Å². The number of hydrogen-bond acceptors (Lipinski definition) is 1. The van der Waals surface area contributed by atoms with Crippen molar-refractivity contribution in [1.82, 2.24) is 4.90 Å². The number of likely N-dealkylation sites (tertiary alicyclic amines) is 1. The van der Waals surface area contributed by atoms with E-state index in [9.17, 15) is 4.79 Å². The molecule has 68 valence electrons. The Hall–Kier alpha value is -0.530. The van der Waals surface area contributed by atoms with E-state index in [0.29, 0.717) is 11.8 Å². The van der Waals surface area contributed by atoms with Crippen LogP contribution in [0.25, 0.3) is 0 Å². The van der Waals surface area contributed by atoms with Crippen LogP contribution in [-0.4, -0.2) is 23.9 Å². The summed E-state index contributed by atoms with van der Waals surface area (Å²) in [6.07, 6.45) is 7.39. The average molecular weight is 167 g/mol. The molecule has 0 aromatic carbocycles. The van der Waals surface area contributed by atoms with Gasteiger partial charge < -0.3 is 4.90 Å². The van der Waals surface area contributed by atoms with Gasteiger partial charge in [0.2, 0.25) is 5.91 Å². The van der Waals surface area contributed by atoms with Crippen molar-refractivity contribution >= 4 is 5.91 Å². The molecule has 1 aliphatic carbocycles. The first kappa shape index (κ1) is 8.09. The van der Waals surface area contributed by atoms with Gasteiger partial charge in [0.1, 0.15) is 0 Å². The standard InChI is InChI=1S/C10H17NO/c12-10(11-7-4-8-11)9-5-2-1-3-6-9/h9H,1-8H2. The van der Waals surface area contributed by atoms with Crippen molar-refractivity contribution in [2.75, 3.05) is 13.1 Å². The van der Waals surface area contributed by atoms with E-state index in [-0.39, 0.29) is 0 Å². The van der Waals surface area contributed by atoms with Gasteiger partial charge in [-0.15, -0.1) is 0 Å². The van der Waals surface area contributed by atoms with Crippen LogP contribution in [0, 0.1) is 5.92 Å². The lowest BCUT2D eigenvalue weighted by atomic mass is 9.87. The van der Waals surface area contributed by atoms with Crippen molar-refractivity contribution in [2.45, 2.75) is 38.5 Å². The molecule has 0 atom stereocenters. The summed E-state index contributed by atoms with van der Waals surface area (Å²) in [5.74, 6) is 0.833. The lowest BCUT2D eigenvalue weighted by Crippen LogP contribution is -2.45. The molecule has 1 aliphatic heterocycles. The van der Waals surface area contributed by atoms with Gasteiger partial charge in [0.15, 0.2) is 0 Å². The Bertz CT molecular complexity index is 169. The Balaban J connectivity index is 1.84. The van der Waals surface area contributed by atoms with E-state index in [1.807, 2.05) is 4.90 Å². The molecule has 12 heavy (non-hydrogen) atoms. The van der Waals surface area contributed by atoms with Crippen LogP contribution in [-0.2, 0) is 4.79 Å². The van der Waals surface area contributed by atoms with Crippen molar-refractivity contribution in [2.24, 2.45) is 5.92 Å². The van der Waals surface area contributed by atoms with Crippen LogP contribution < -0.4 is 0 Å². The highest BCUT2D eigenvalue weighted by atomic mass is 16.2. The maximum atomic E-state index is 11.7. The van der Waals surface area contributed by atoms with Gasteiger partial charge in [-0.05, 0) is 19.3 Å². The molecule has 0 radical (unpaired) electrons. The number of carbonyl (C=O) groups is 1. The van der Waals surface area contributed by atoms with Gasteiger partial charge >= 0.3 is 0 Å². The molecule has 2 rings (SSSR count). The van der Waals surface area contributed by atoms with Gasteiger partial charge in [0.05, 0.1) is 0 Å². The molecule has 0 unspecified atom stereocenters. The first-order valence-electron chi connectivity index (χ1n) is 5.17. The highest BCUT2D eigenvalue weighted by molar-refractivity contribution is 5.79. The molecule has 0 spiro atoms. The van der Waals surface area contributed by atoms with Gasteiger partial charge in [-0.2, -0.15) is 0 Å². The molecule has 0 aromatic heterocycles. The fourth-order valence-corrected chi connectivity index (χ4v) is 2.14. The van der Waals surface area contributed by atoms with Gasteiger partial charge in [0, 0.05) is 19.0 Å². The number of rotatable bonds is 1. The zero-order chi connectivity index (χ0) is 8.39. The van der Waals surface area contributed by atoms with E-state index in [1.54, 1.807) is 0 Å². The average Bonchev–Trinajstić information content (AvgIpc) is 2.03. The van der Waals surface area contributed by atoms with Crippen molar-refractivity contribution in [1.29, 1.82) is 0 Å². The van der Waals surface area contributed by atoms with Crippen LogP contribution in [0.4, 0.5) is 0 Å². The molecule has 2 heteroatoms. The number of nitrogens with zero attached hydrogens (tertiary/aromatic N) is 1. The second-order valence-electron chi connectivity index (χ2n) is 4.01. The number of carbonyl (C=O) groups excluding carboxylic acids is 1. The van der Waals surface area contributed by atoms with Gasteiger partial charge in [-0.25, -0.2) is 0 Å². The topological polar surface area (TPSA) is 20.3 Å². The highest BCUT2D eigenvalue weighted by Crippen LogP contribution is 2.26. The lowest BCUT2D eigenvalue weighted by Gasteiger charge is -2.35. The summed E-state index contributed by atoms with van der Waals surface area (Å²) in [6, 6.07) is 0. The molecule has 1 saturated heterocycles. The lowest BCUT2D eigenvalue weighted by molar-refractivity contribution is -0.140.